The van der Waals surface area contributed by atoms with E-state index in [1.165, 1.54) is 0 Å². The highest BCUT2D eigenvalue weighted by atomic mass is 35.5. The number of nitrogens with zero attached hydrogens (tertiary/aromatic N) is 5. The van der Waals surface area contributed by atoms with Crippen molar-refractivity contribution in [2.45, 2.75) is 33.6 Å². The van der Waals surface area contributed by atoms with E-state index in [0.717, 1.165) is 46.4 Å². The topological polar surface area (TPSA) is 85.7 Å². The van der Waals surface area contributed by atoms with Gasteiger partial charge in [-0.25, -0.2) is 19.9 Å². The van der Waals surface area contributed by atoms with Crippen LogP contribution in [-0.4, -0.2) is 38.1 Å². The quantitative estimate of drug-likeness (QED) is 0.265. The summed E-state index contributed by atoms with van der Waals surface area (Å²) in [5.41, 5.74) is 2.82. The molecule has 1 aromatic carbocycles. The molecule has 0 amide bonds. The van der Waals surface area contributed by atoms with Crippen LogP contribution in [0.15, 0.2) is 49.1 Å². The van der Waals surface area contributed by atoms with Crippen molar-refractivity contribution in [3.05, 3.63) is 54.1 Å². The molecule has 1 atom stereocenters. The van der Waals surface area contributed by atoms with E-state index in [0.29, 0.717) is 34.8 Å². The van der Waals surface area contributed by atoms with Crippen LogP contribution >= 0.6 is 22.9 Å². The van der Waals surface area contributed by atoms with Gasteiger partial charge >= 0.3 is 0 Å². The number of hydrogen-bond donors (Lipinski definition) is 1. The van der Waals surface area contributed by atoms with Crippen LogP contribution in [-0.2, 0) is 0 Å². The van der Waals surface area contributed by atoms with Crippen molar-refractivity contribution in [2.75, 3.05) is 18.5 Å². The number of halogens is 1. The van der Waals surface area contributed by atoms with Crippen molar-refractivity contribution < 1.29 is 4.74 Å². The first-order chi connectivity index (χ1) is 16.6. The van der Waals surface area contributed by atoms with Gasteiger partial charge in [0.05, 0.1) is 34.1 Å². The number of hydrogen-bond acceptors (Lipinski definition) is 8. The number of aromatic nitrogens is 5. The lowest BCUT2D eigenvalue weighted by Gasteiger charge is -2.13. The molecular formula is C25H27ClN6OS. The molecule has 7 nitrogen and oxygen atoms in total. The second kappa shape index (κ2) is 11.4. The second-order valence-corrected chi connectivity index (χ2v) is 9.41. The van der Waals surface area contributed by atoms with Gasteiger partial charge in [-0.2, -0.15) is 0 Å². The Hall–Kier alpha value is -3.10. The summed E-state index contributed by atoms with van der Waals surface area (Å²) in [6.45, 7) is 7.95. The van der Waals surface area contributed by atoms with Gasteiger partial charge in [-0.3, -0.25) is 4.98 Å². The van der Waals surface area contributed by atoms with E-state index in [4.69, 9.17) is 26.3 Å². The number of anilines is 1. The average Bonchev–Trinajstić information content (AvgIpc) is 3.35. The Bertz CT molecular complexity index is 1230. The van der Waals surface area contributed by atoms with Gasteiger partial charge in [0, 0.05) is 30.7 Å². The monoisotopic (exact) mass is 494 g/mol. The Morgan fingerprint density at radius 2 is 1.88 bits per heavy atom. The summed E-state index contributed by atoms with van der Waals surface area (Å²) < 4.78 is 5.90. The van der Waals surface area contributed by atoms with E-state index < -0.39 is 0 Å². The minimum atomic E-state index is 0.477. The van der Waals surface area contributed by atoms with Crippen LogP contribution in [0.1, 0.15) is 33.6 Å². The summed E-state index contributed by atoms with van der Waals surface area (Å²) in [6, 6.07) is 7.62. The van der Waals surface area contributed by atoms with Crippen LogP contribution in [0.2, 0.25) is 5.02 Å². The molecule has 1 N–H and O–H groups in total. The smallest absolute Gasteiger partial charge is 0.183 e. The average molecular weight is 495 g/mol. The molecule has 0 aliphatic rings. The molecule has 9 heteroatoms. The molecule has 0 saturated carbocycles. The predicted molar refractivity (Wildman–Crippen MR) is 138 cm³/mol. The summed E-state index contributed by atoms with van der Waals surface area (Å²) >= 11 is 8.23. The first kappa shape index (κ1) is 24.0. The third kappa shape index (κ3) is 5.87. The fraction of sp³-hybridized carbons (Fsp3) is 0.320. The van der Waals surface area contributed by atoms with Gasteiger partial charge in [0.1, 0.15) is 11.4 Å². The summed E-state index contributed by atoms with van der Waals surface area (Å²) in [4.78, 5) is 23.5. The fourth-order valence-electron chi connectivity index (χ4n) is 3.10. The van der Waals surface area contributed by atoms with E-state index in [2.05, 4.69) is 41.0 Å². The zero-order valence-electron chi connectivity index (χ0n) is 19.5. The van der Waals surface area contributed by atoms with Gasteiger partial charge in [0.15, 0.2) is 11.0 Å². The Balaban J connectivity index is 1.72. The van der Waals surface area contributed by atoms with Crippen molar-refractivity contribution in [3.63, 3.8) is 0 Å². The Kier molecular flexibility index (Phi) is 8.03. The summed E-state index contributed by atoms with van der Waals surface area (Å²) in [7, 11) is 0. The van der Waals surface area contributed by atoms with Gasteiger partial charge in [-0.05, 0) is 36.6 Å². The van der Waals surface area contributed by atoms with Crippen LogP contribution in [0, 0.1) is 5.92 Å². The normalized spacial score (nSPS) is 11.9. The standard InChI is InChI=1S/C25H27ClN6OS/c1-4-8-29-25-30-14-23(34-25)21-12-20(31-24(32-21)22-13-27-9-10-28-22)18-7-6-17(11-19(18)26)33-15-16(3)5-2/h6-7,9-14,16H,4-5,8,15H2,1-3H3,(H,29,30)/t16-/m0/s1. The van der Waals surface area contributed by atoms with Crippen molar-refractivity contribution in [3.8, 4) is 39.1 Å². The summed E-state index contributed by atoms with van der Waals surface area (Å²) in [5, 5.41) is 4.74. The van der Waals surface area contributed by atoms with Crippen molar-refractivity contribution in [1.82, 2.24) is 24.9 Å². The van der Waals surface area contributed by atoms with E-state index in [1.54, 1.807) is 29.9 Å². The SMILES string of the molecule is CCCNc1ncc(-c2cc(-c3ccc(OC[C@@H](C)CC)cc3Cl)nc(-c3cnccn3)n2)s1. The molecule has 176 valence electrons. The third-order valence-corrected chi connectivity index (χ3v) is 6.54. The minimum Gasteiger partial charge on any atom is -0.493 e. The molecule has 0 spiro atoms. The first-order valence-electron chi connectivity index (χ1n) is 11.4. The van der Waals surface area contributed by atoms with E-state index >= 15 is 0 Å². The second-order valence-electron chi connectivity index (χ2n) is 7.98. The van der Waals surface area contributed by atoms with Crippen molar-refractivity contribution >= 4 is 28.1 Å². The van der Waals surface area contributed by atoms with Crippen LogP contribution in [0.4, 0.5) is 5.13 Å². The maximum Gasteiger partial charge on any atom is 0.183 e. The molecule has 0 aliphatic carbocycles. The van der Waals surface area contributed by atoms with E-state index in [-0.39, 0.29) is 0 Å². The molecule has 0 aliphatic heterocycles. The first-order valence-corrected chi connectivity index (χ1v) is 12.5. The van der Waals surface area contributed by atoms with Crippen LogP contribution in [0.3, 0.4) is 0 Å². The highest BCUT2D eigenvalue weighted by Crippen LogP contribution is 2.35. The van der Waals surface area contributed by atoms with E-state index in [1.807, 2.05) is 30.5 Å². The molecule has 0 fully saturated rings. The Morgan fingerprint density at radius 1 is 1.03 bits per heavy atom. The Labute approximate surface area is 208 Å². The molecule has 4 aromatic rings. The minimum absolute atomic E-state index is 0.477. The molecule has 34 heavy (non-hydrogen) atoms. The Morgan fingerprint density at radius 3 is 2.62 bits per heavy atom. The van der Waals surface area contributed by atoms with Crippen molar-refractivity contribution in [1.29, 1.82) is 0 Å². The molecule has 0 unspecified atom stereocenters. The number of thiazole rings is 1. The van der Waals surface area contributed by atoms with Crippen molar-refractivity contribution in [2.24, 2.45) is 5.92 Å². The number of rotatable bonds is 10. The fourth-order valence-corrected chi connectivity index (χ4v) is 4.17. The van der Waals surface area contributed by atoms with Gasteiger partial charge in [-0.15, -0.1) is 0 Å². The van der Waals surface area contributed by atoms with Gasteiger partial charge < -0.3 is 10.1 Å². The maximum absolute atomic E-state index is 6.68. The highest BCUT2D eigenvalue weighted by molar-refractivity contribution is 7.18. The highest BCUT2D eigenvalue weighted by Gasteiger charge is 2.16. The molecule has 0 saturated heterocycles. The molecule has 0 radical (unpaired) electrons. The zero-order valence-corrected chi connectivity index (χ0v) is 21.0. The van der Waals surface area contributed by atoms with Crippen LogP contribution in [0.5, 0.6) is 5.75 Å². The molecule has 3 aromatic heterocycles. The van der Waals surface area contributed by atoms with Gasteiger partial charge in [-0.1, -0.05) is 50.1 Å². The van der Waals surface area contributed by atoms with E-state index in [9.17, 15) is 0 Å². The number of ether oxygens (including phenoxy) is 1. The molecule has 0 bridgehead atoms. The molecule has 4 rings (SSSR count). The lowest BCUT2D eigenvalue weighted by atomic mass is 10.1. The van der Waals surface area contributed by atoms with Gasteiger partial charge in [0.25, 0.3) is 0 Å². The van der Waals surface area contributed by atoms with Crippen LogP contribution < -0.4 is 10.1 Å². The third-order valence-electron chi connectivity index (χ3n) is 5.25. The lowest BCUT2D eigenvalue weighted by molar-refractivity contribution is 0.256. The van der Waals surface area contributed by atoms with Crippen LogP contribution in [0.25, 0.3) is 33.3 Å². The summed E-state index contributed by atoms with van der Waals surface area (Å²) in [6.07, 6.45) is 8.81. The largest absolute Gasteiger partial charge is 0.493 e. The number of nitrogens with one attached hydrogen (secondary N) is 1. The number of benzene rings is 1. The van der Waals surface area contributed by atoms with Gasteiger partial charge in [0.2, 0.25) is 0 Å². The zero-order chi connectivity index (χ0) is 23.9. The molecular weight excluding hydrogens is 468 g/mol. The maximum atomic E-state index is 6.68. The summed E-state index contributed by atoms with van der Waals surface area (Å²) in [5.74, 6) is 1.70. The lowest BCUT2D eigenvalue weighted by Crippen LogP contribution is -2.07. The predicted octanol–water partition coefficient (Wildman–Crippen LogP) is 6.62. The molecule has 3 heterocycles.